The van der Waals surface area contributed by atoms with Gasteiger partial charge in [0.1, 0.15) is 5.82 Å². The summed E-state index contributed by atoms with van der Waals surface area (Å²) in [4.78, 5) is 12.1. The number of para-hydroxylation sites is 1. The highest BCUT2D eigenvalue weighted by Crippen LogP contribution is 2.19. The zero-order valence-corrected chi connectivity index (χ0v) is 14.1. The van der Waals surface area contributed by atoms with E-state index >= 15 is 0 Å². The number of aliphatic hydroxyl groups excluding tert-OH is 1. The van der Waals surface area contributed by atoms with Gasteiger partial charge in [0.2, 0.25) is 5.91 Å². The van der Waals surface area contributed by atoms with Crippen molar-refractivity contribution < 1.29 is 14.3 Å². The van der Waals surface area contributed by atoms with Crippen LogP contribution in [-0.2, 0) is 4.79 Å². The van der Waals surface area contributed by atoms with Gasteiger partial charge in [-0.1, -0.05) is 30.3 Å². The van der Waals surface area contributed by atoms with Crippen LogP contribution in [0, 0.1) is 19.7 Å². The number of hydrogen-bond acceptors (Lipinski definition) is 3. The summed E-state index contributed by atoms with van der Waals surface area (Å²) in [7, 11) is 0. The topological polar surface area (TPSA) is 61.4 Å². The third-order valence-corrected chi connectivity index (χ3v) is 3.98. The maximum Gasteiger partial charge on any atom is 0.239 e. The smallest absolute Gasteiger partial charge is 0.239 e. The number of aliphatic hydroxyl groups is 1. The van der Waals surface area contributed by atoms with Gasteiger partial charge in [0.15, 0.2) is 0 Å². The van der Waals surface area contributed by atoms with Crippen LogP contribution in [-0.4, -0.2) is 23.6 Å². The molecule has 2 atom stereocenters. The van der Waals surface area contributed by atoms with Crippen molar-refractivity contribution in [1.29, 1.82) is 0 Å². The normalized spacial score (nSPS) is 13.2. The van der Waals surface area contributed by atoms with Crippen molar-refractivity contribution in [2.45, 2.75) is 32.9 Å². The molecule has 0 fully saturated rings. The Hall–Kier alpha value is -2.40. The number of aryl methyl sites for hydroxylation is 2. The van der Waals surface area contributed by atoms with Crippen LogP contribution in [0.25, 0.3) is 0 Å². The molecular formula is C19H23FN2O2. The largest absolute Gasteiger partial charge is 0.386 e. The highest BCUT2D eigenvalue weighted by Gasteiger charge is 2.18. The Morgan fingerprint density at radius 3 is 2.29 bits per heavy atom. The fourth-order valence-electron chi connectivity index (χ4n) is 2.59. The van der Waals surface area contributed by atoms with Crippen molar-refractivity contribution >= 4 is 11.6 Å². The molecule has 2 aromatic rings. The molecule has 2 rings (SSSR count). The Labute approximate surface area is 141 Å². The standard InChI is InChI=1S/C19H23FN2O2/c1-12-5-4-6-13(2)18(12)21-11-17(23)22-14(3)19(24)15-7-9-16(20)10-8-15/h4-10,14,19,21,24H,11H2,1-3H3,(H,22,23). The number of carbonyl (C=O) groups is 1. The number of carbonyl (C=O) groups excluding carboxylic acids is 1. The molecule has 0 heterocycles. The molecule has 0 aliphatic heterocycles. The van der Waals surface area contributed by atoms with Gasteiger partial charge in [0, 0.05) is 5.69 Å². The van der Waals surface area contributed by atoms with Crippen molar-refractivity contribution in [3.63, 3.8) is 0 Å². The van der Waals surface area contributed by atoms with E-state index in [-0.39, 0.29) is 18.3 Å². The van der Waals surface area contributed by atoms with E-state index in [0.717, 1.165) is 16.8 Å². The molecule has 0 spiro atoms. The van der Waals surface area contributed by atoms with E-state index < -0.39 is 12.1 Å². The van der Waals surface area contributed by atoms with Crippen LogP contribution >= 0.6 is 0 Å². The summed E-state index contributed by atoms with van der Waals surface area (Å²) in [5, 5.41) is 16.1. The number of halogens is 1. The van der Waals surface area contributed by atoms with Gasteiger partial charge in [-0.2, -0.15) is 0 Å². The third kappa shape index (κ3) is 4.55. The van der Waals surface area contributed by atoms with Crippen LogP contribution in [0.2, 0.25) is 0 Å². The van der Waals surface area contributed by atoms with Crippen LogP contribution in [0.15, 0.2) is 42.5 Å². The van der Waals surface area contributed by atoms with Crippen LogP contribution in [0.5, 0.6) is 0 Å². The van der Waals surface area contributed by atoms with E-state index in [0.29, 0.717) is 5.56 Å². The molecule has 5 heteroatoms. The van der Waals surface area contributed by atoms with E-state index in [1.807, 2.05) is 32.0 Å². The van der Waals surface area contributed by atoms with Crippen molar-refractivity contribution in [2.24, 2.45) is 0 Å². The lowest BCUT2D eigenvalue weighted by Gasteiger charge is -2.21. The average Bonchev–Trinajstić information content (AvgIpc) is 2.54. The number of amides is 1. The van der Waals surface area contributed by atoms with E-state index in [9.17, 15) is 14.3 Å². The van der Waals surface area contributed by atoms with Crippen LogP contribution in [0.1, 0.15) is 29.7 Å². The SMILES string of the molecule is Cc1cccc(C)c1NCC(=O)NC(C)C(O)c1ccc(F)cc1. The third-order valence-electron chi connectivity index (χ3n) is 3.98. The molecule has 2 aromatic carbocycles. The van der Waals surface area contributed by atoms with Crippen molar-refractivity contribution in [1.82, 2.24) is 5.32 Å². The lowest BCUT2D eigenvalue weighted by atomic mass is 10.0. The number of hydrogen-bond donors (Lipinski definition) is 3. The van der Waals surface area contributed by atoms with Crippen LogP contribution in [0.4, 0.5) is 10.1 Å². The van der Waals surface area contributed by atoms with E-state index in [2.05, 4.69) is 10.6 Å². The van der Waals surface area contributed by atoms with E-state index in [4.69, 9.17) is 0 Å². The van der Waals surface area contributed by atoms with Gasteiger partial charge >= 0.3 is 0 Å². The average molecular weight is 330 g/mol. The summed E-state index contributed by atoms with van der Waals surface area (Å²) >= 11 is 0. The molecule has 24 heavy (non-hydrogen) atoms. The van der Waals surface area contributed by atoms with Gasteiger partial charge < -0.3 is 15.7 Å². The predicted octanol–water partition coefficient (Wildman–Crippen LogP) is 3.09. The molecule has 4 nitrogen and oxygen atoms in total. The highest BCUT2D eigenvalue weighted by atomic mass is 19.1. The first-order valence-electron chi connectivity index (χ1n) is 7.91. The zero-order valence-electron chi connectivity index (χ0n) is 14.1. The first kappa shape index (κ1) is 17.9. The van der Waals surface area contributed by atoms with Gasteiger partial charge in [-0.05, 0) is 49.6 Å². The molecule has 1 amide bonds. The van der Waals surface area contributed by atoms with Crippen molar-refractivity contribution in [2.75, 3.05) is 11.9 Å². The lowest BCUT2D eigenvalue weighted by molar-refractivity contribution is -0.120. The van der Waals surface area contributed by atoms with Crippen molar-refractivity contribution in [3.05, 3.63) is 65.0 Å². The van der Waals surface area contributed by atoms with Gasteiger partial charge in [-0.15, -0.1) is 0 Å². The molecule has 0 radical (unpaired) electrons. The maximum atomic E-state index is 12.9. The summed E-state index contributed by atoms with van der Waals surface area (Å²) in [6.45, 7) is 5.79. The summed E-state index contributed by atoms with van der Waals surface area (Å²) in [5.41, 5.74) is 3.65. The summed E-state index contributed by atoms with van der Waals surface area (Å²) < 4.78 is 12.9. The highest BCUT2D eigenvalue weighted by molar-refractivity contribution is 5.81. The lowest BCUT2D eigenvalue weighted by Crippen LogP contribution is -2.40. The first-order chi connectivity index (χ1) is 11.4. The number of benzene rings is 2. The van der Waals surface area contributed by atoms with Gasteiger partial charge in [0.05, 0.1) is 18.7 Å². The van der Waals surface area contributed by atoms with Gasteiger partial charge in [0.25, 0.3) is 0 Å². The minimum Gasteiger partial charge on any atom is -0.386 e. The van der Waals surface area contributed by atoms with E-state index in [1.165, 1.54) is 24.3 Å². The van der Waals surface area contributed by atoms with E-state index in [1.54, 1.807) is 6.92 Å². The Balaban J connectivity index is 1.90. The summed E-state index contributed by atoms with van der Waals surface area (Å²) in [6, 6.07) is 11.0. The van der Waals surface area contributed by atoms with Gasteiger partial charge in [-0.25, -0.2) is 4.39 Å². The molecule has 3 N–H and O–H groups in total. The van der Waals surface area contributed by atoms with Crippen molar-refractivity contribution in [3.8, 4) is 0 Å². The monoisotopic (exact) mass is 330 g/mol. The minimum absolute atomic E-state index is 0.117. The first-order valence-corrected chi connectivity index (χ1v) is 7.91. The van der Waals surface area contributed by atoms with Crippen LogP contribution < -0.4 is 10.6 Å². The Morgan fingerprint density at radius 2 is 1.71 bits per heavy atom. The Morgan fingerprint density at radius 1 is 1.12 bits per heavy atom. The number of anilines is 1. The second kappa shape index (κ2) is 7.93. The fourth-order valence-corrected chi connectivity index (χ4v) is 2.59. The summed E-state index contributed by atoms with van der Waals surface area (Å²) in [5.74, 6) is -0.577. The molecule has 0 aliphatic carbocycles. The number of rotatable bonds is 6. The second-order valence-corrected chi connectivity index (χ2v) is 5.97. The number of nitrogens with one attached hydrogen (secondary N) is 2. The molecule has 2 unspecified atom stereocenters. The predicted molar refractivity (Wildman–Crippen MR) is 93.4 cm³/mol. The molecule has 0 aliphatic rings. The molecule has 128 valence electrons. The second-order valence-electron chi connectivity index (χ2n) is 5.97. The molecular weight excluding hydrogens is 307 g/mol. The maximum absolute atomic E-state index is 12.9. The molecule has 0 saturated heterocycles. The molecule has 0 aromatic heterocycles. The Kier molecular flexibility index (Phi) is 5.93. The Bertz CT molecular complexity index is 681. The quantitative estimate of drug-likeness (QED) is 0.763. The molecule has 0 saturated carbocycles. The van der Waals surface area contributed by atoms with Crippen LogP contribution in [0.3, 0.4) is 0 Å². The van der Waals surface area contributed by atoms with Gasteiger partial charge in [-0.3, -0.25) is 4.79 Å². The fraction of sp³-hybridized carbons (Fsp3) is 0.316. The minimum atomic E-state index is -0.894. The molecule has 0 bridgehead atoms. The summed E-state index contributed by atoms with van der Waals surface area (Å²) in [6.07, 6.45) is -0.894. The zero-order chi connectivity index (χ0) is 17.7.